The van der Waals surface area contributed by atoms with E-state index in [0.29, 0.717) is 5.39 Å². The third kappa shape index (κ3) is 0.961. The van der Waals surface area contributed by atoms with Gasteiger partial charge in [0.15, 0.2) is 11.6 Å². The van der Waals surface area contributed by atoms with Gasteiger partial charge in [-0.3, -0.25) is 0 Å². The molecule has 2 aromatic carbocycles. The molecule has 0 aliphatic rings. The van der Waals surface area contributed by atoms with Crippen LogP contribution in [0.1, 0.15) is 0 Å². The Morgan fingerprint density at radius 3 is 2.75 bits per heavy atom. The van der Waals surface area contributed by atoms with Crippen LogP contribution in [-0.4, -0.2) is 0 Å². The van der Waals surface area contributed by atoms with Crippen molar-refractivity contribution in [3.63, 3.8) is 0 Å². The van der Waals surface area contributed by atoms with Gasteiger partial charge >= 0.3 is 0 Å². The fourth-order valence-corrected chi connectivity index (χ4v) is 1.14. The molecule has 12 heavy (non-hydrogen) atoms. The Balaban J connectivity index is 2.91. The van der Waals surface area contributed by atoms with E-state index in [1.807, 2.05) is 0 Å². The van der Waals surface area contributed by atoms with Gasteiger partial charge in [-0.2, -0.15) is 0 Å². The molecular formula is C10H5F2. The molecule has 0 aliphatic heterocycles. The van der Waals surface area contributed by atoms with E-state index in [1.165, 1.54) is 12.1 Å². The van der Waals surface area contributed by atoms with Gasteiger partial charge < -0.3 is 0 Å². The third-order valence-corrected chi connectivity index (χ3v) is 1.73. The maximum Gasteiger partial charge on any atom is 0.166 e. The molecule has 1 radical (unpaired) electrons. The van der Waals surface area contributed by atoms with Crippen molar-refractivity contribution in [1.82, 2.24) is 0 Å². The first kappa shape index (κ1) is 7.22. The summed E-state index contributed by atoms with van der Waals surface area (Å²) >= 11 is 0. The molecule has 59 valence electrons. The summed E-state index contributed by atoms with van der Waals surface area (Å²) in [6.45, 7) is 0. The Kier molecular flexibility index (Phi) is 1.54. The van der Waals surface area contributed by atoms with Gasteiger partial charge in [0, 0.05) is 5.39 Å². The van der Waals surface area contributed by atoms with E-state index < -0.39 is 11.6 Å². The second-order valence-corrected chi connectivity index (χ2v) is 2.49. The third-order valence-electron chi connectivity index (χ3n) is 1.73. The van der Waals surface area contributed by atoms with Crippen molar-refractivity contribution in [2.45, 2.75) is 0 Å². The van der Waals surface area contributed by atoms with Gasteiger partial charge in [-0.25, -0.2) is 8.78 Å². The highest BCUT2D eigenvalue weighted by Gasteiger charge is 2.04. The van der Waals surface area contributed by atoms with Crippen molar-refractivity contribution >= 4 is 10.8 Å². The highest BCUT2D eigenvalue weighted by atomic mass is 19.2. The minimum Gasteiger partial charge on any atom is -0.204 e. The van der Waals surface area contributed by atoms with Crippen LogP contribution in [0.25, 0.3) is 10.8 Å². The average Bonchev–Trinajstić information content (AvgIpc) is 2.12. The molecule has 0 atom stereocenters. The van der Waals surface area contributed by atoms with Gasteiger partial charge in [0.2, 0.25) is 0 Å². The Bertz CT molecular complexity index is 421. The molecule has 0 spiro atoms. The summed E-state index contributed by atoms with van der Waals surface area (Å²) < 4.78 is 25.7. The maximum atomic E-state index is 13.0. The lowest BCUT2D eigenvalue weighted by molar-refractivity contribution is 0.517. The molecule has 0 amide bonds. The predicted octanol–water partition coefficient (Wildman–Crippen LogP) is 2.92. The van der Waals surface area contributed by atoms with Gasteiger partial charge in [0.25, 0.3) is 0 Å². The summed E-state index contributed by atoms with van der Waals surface area (Å²) in [5.74, 6) is -1.62. The average molecular weight is 163 g/mol. The van der Waals surface area contributed by atoms with Crippen molar-refractivity contribution in [3.8, 4) is 0 Å². The number of fused-ring (bicyclic) bond motifs is 1. The fourth-order valence-electron chi connectivity index (χ4n) is 1.14. The summed E-state index contributed by atoms with van der Waals surface area (Å²) in [5, 5.41) is 0.869. The van der Waals surface area contributed by atoms with Crippen LogP contribution in [0.3, 0.4) is 0 Å². The van der Waals surface area contributed by atoms with Crippen molar-refractivity contribution < 1.29 is 8.78 Å². The highest BCUT2D eigenvalue weighted by Crippen LogP contribution is 2.18. The van der Waals surface area contributed by atoms with Gasteiger partial charge in [0.05, 0.1) is 0 Å². The Morgan fingerprint density at radius 2 is 1.92 bits per heavy atom. The van der Waals surface area contributed by atoms with E-state index in [-0.39, 0.29) is 5.39 Å². The summed E-state index contributed by atoms with van der Waals surface area (Å²) in [6.07, 6.45) is 0. The molecule has 0 saturated carbocycles. The predicted molar refractivity (Wildman–Crippen MR) is 42.7 cm³/mol. The van der Waals surface area contributed by atoms with Crippen molar-refractivity contribution in [1.29, 1.82) is 0 Å². The van der Waals surface area contributed by atoms with Crippen LogP contribution >= 0.6 is 0 Å². The molecule has 0 aliphatic carbocycles. The summed E-state index contributed by atoms with van der Waals surface area (Å²) in [7, 11) is 0. The highest BCUT2D eigenvalue weighted by molar-refractivity contribution is 5.82. The molecule has 0 N–H and O–H groups in total. The van der Waals surface area contributed by atoms with Gasteiger partial charge in [-0.15, -0.1) is 0 Å². The molecule has 0 heterocycles. The lowest BCUT2D eigenvalue weighted by Crippen LogP contribution is -1.84. The smallest absolute Gasteiger partial charge is 0.166 e. The van der Waals surface area contributed by atoms with E-state index in [4.69, 9.17) is 0 Å². The van der Waals surface area contributed by atoms with Crippen LogP contribution < -0.4 is 0 Å². The lowest BCUT2D eigenvalue weighted by Gasteiger charge is -1.98. The number of hydrogen-bond donors (Lipinski definition) is 0. The first-order chi connectivity index (χ1) is 5.79. The molecule has 0 unspecified atom stereocenters. The molecule has 0 bridgehead atoms. The Labute approximate surface area is 68.4 Å². The number of halogens is 2. The monoisotopic (exact) mass is 163 g/mol. The first-order valence-electron chi connectivity index (χ1n) is 3.53. The molecule has 0 aromatic heterocycles. The van der Waals surface area contributed by atoms with E-state index >= 15 is 0 Å². The second-order valence-electron chi connectivity index (χ2n) is 2.49. The minimum absolute atomic E-state index is 0.275. The molecule has 0 fully saturated rings. The maximum absolute atomic E-state index is 13.0. The van der Waals surface area contributed by atoms with Crippen LogP contribution in [0.4, 0.5) is 8.78 Å². The Hall–Kier alpha value is -1.44. The fraction of sp³-hybridized carbons (Fsp3) is 0. The number of hydrogen-bond acceptors (Lipinski definition) is 0. The minimum atomic E-state index is -0.818. The summed E-state index contributed by atoms with van der Waals surface area (Å²) in [4.78, 5) is 0. The van der Waals surface area contributed by atoms with E-state index in [9.17, 15) is 8.78 Å². The normalized spacial score (nSPS) is 10.5. The molecule has 0 nitrogen and oxygen atoms in total. The molecule has 2 heteroatoms. The number of rotatable bonds is 0. The van der Waals surface area contributed by atoms with Crippen LogP contribution in [0.2, 0.25) is 0 Å². The van der Waals surface area contributed by atoms with Crippen molar-refractivity contribution in [3.05, 3.63) is 48.0 Å². The molecule has 2 rings (SSSR count). The van der Waals surface area contributed by atoms with Crippen LogP contribution in [0.5, 0.6) is 0 Å². The second kappa shape index (κ2) is 2.55. The van der Waals surface area contributed by atoms with Gasteiger partial charge in [0.1, 0.15) is 0 Å². The Morgan fingerprint density at radius 1 is 1.08 bits per heavy atom. The van der Waals surface area contributed by atoms with E-state index in [0.717, 1.165) is 6.07 Å². The molecule has 2 aromatic rings. The topological polar surface area (TPSA) is 0 Å². The lowest BCUT2D eigenvalue weighted by atomic mass is 10.1. The van der Waals surface area contributed by atoms with Gasteiger partial charge in [-0.05, 0) is 17.5 Å². The zero-order valence-corrected chi connectivity index (χ0v) is 6.14. The zero-order valence-electron chi connectivity index (χ0n) is 6.14. The standard InChI is InChI=1S/C10H5F2/c11-9-6-5-7-3-1-2-4-8(7)10(9)12/h1-2,4-6H. The zero-order chi connectivity index (χ0) is 8.55. The van der Waals surface area contributed by atoms with E-state index in [1.54, 1.807) is 12.1 Å². The first-order valence-corrected chi connectivity index (χ1v) is 3.53. The SMILES string of the molecule is Fc1ccc2[c]cccc2c1F. The van der Waals surface area contributed by atoms with Crippen molar-refractivity contribution in [2.24, 2.45) is 0 Å². The van der Waals surface area contributed by atoms with Crippen LogP contribution in [-0.2, 0) is 0 Å². The van der Waals surface area contributed by atoms with Crippen molar-refractivity contribution in [2.75, 3.05) is 0 Å². The molecular weight excluding hydrogens is 158 g/mol. The van der Waals surface area contributed by atoms with Crippen LogP contribution in [0, 0.1) is 17.7 Å². The summed E-state index contributed by atoms with van der Waals surface area (Å²) in [6, 6.07) is 10.3. The van der Waals surface area contributed by atoms with E-state index in [2.05, 4.69) is 6.07 Å². The largest absolute Gasteiger partial charge is 0.204 e. The molecule has 0 saturated heterocycles. The summed E-state index contributed by atoms with van der Waals surface area (Å²) in [5.41, 5.74) is 0. The quantitative estimate of drug-likeness (QED) is 0.560. The number of benzene rings is 2. The van der Waals surface area contributed by atoms with Crippen LogP contribution in [0.15, 0.2) is 30.3 Å². The van der Waals surface area contributed by atoms with Gasteiger partial charge in [-0.1, -0.05) is 24.3 Å².